The third-order valence-electron chi connectivity index (χ3n) is 6.33. The third kappa shape index (κ3) is 9.30. The van der Waals surface area contributed by atoms with E-state index in [0.717, 1.165) is 0 Å². The van der Waals surface area contributed by atoms with Crippen LogP contribution in [0.15, 0.2) is 0 Å². The first kappa shape index (κ1) is 30.7. The summed E-state index contributed by atoms with van der Waals surface area (Å²) < 4.78 is 12.9. The average molecular weight is 492 g/mol. The van der Waals surface area contributed by atoms with Gasteiger partial charge in [-0.05, 0) is 36.3 Å². The van der Waals surface area contributed by atoms with Gasteiger partial charge in [0.05, 0.1) is 6.42 Å². The number of carboxylic acid groups (broad SMARTS) is 1. The minimum Gasteiger partial charge on any atom is -0.481 e. The van der Waals surface area contributed by atoms with Gasteiger partial charge in [-0.25, -0.2) is 0 Å². The molecule has 0 aliphatic rings. The van der Waals surface area contributed by atoms with E-state index in [1.54, 1.807) is 0 Å². The number of rotatable bonds is 12. The molecule has 2 amide bonds. The van der Waals surface area contributed by atoms with Crippen LogP contribution in [0.25, 0.3) is 0 Å². The first-order chi connectivity index (χ1) is 14.3. The number of hydrogen-bond acceptors (Lipinski definition) is 6. The predicted octanol–water partition coefficient (Wildman–Crippen LogP) is 2.43. The van der Waals surface area contributed by atoms with E-state index in [4.69, 9.17) is 19.7 Å². The highest BCUT2D eigenvalue weighted by Gasteiger charge is 2.48. The summed E-state index contributed by atoms with van der Waals surface area (Å²) in [6, 6.07) is 0. The molecule has 32 heavy (non-hydrogen) atoms. The van der Waals surface area contributed by atoms with Crippen molar-refractivity contribution >= 4 is 34.4 Å². The van der Waals surface area contributed by atoms with Gasteiger partial charge in [0.25, 0.3) is 11.8 Å². The Morgan fingerprint density at radius 3 is 1.44 bits per heavy atom. The van der Waals surface area contributed by atoms with E-state index in [-0.39, 0.29) is 36.1 Å². The molecular formula is C21H45N3O6Si2. The molecule has 0 unspecified atom stereocenters. The van der Waals surface area contributed by atoms with Crippen LogP contribution in [-0.4, -0.2) is 71.4 Å². The summed E-state index contributed by atoms with van der Waals surface area (Å²) in [6.45, 7) is 20.7. The summed E-state index contributed by atoms with van der Waals surface area (Å²) in [7, 11) is -4.98. The molecule has 0 heterocycles. The summed E-state index contributed by atoms with van der Waals surface area (Å²) in [5.74, 6) is -2.04. The molecule has 0 fully saturated rings. The quantitative estimate of drug-likeness (QED) is 0.307. The number of carboxylic acids is 1. The fourth-order valence-corrected chi connectivity index (χ4v) is 4.62. The minimum absolute atomic E-state index is 0.0667. The normalized spacial score (nSPS) is 15.1. The molecule has 11 heteroatoms. The molecule has 0 aromatic heterocycles. The van der Waals surface area contributed by atoms with Crippen molar-refractivity contribution < 1.29 is 28.3 Å². The Kier molecular flexibility index (Phi) is 11.3. The van der Waals surface area contributed by atoms with Gasteiger partial charge in [-0.3, -0.25) is 14.4 Å². The van der Waals surface area contributed by atoms with Crippen molar-refractivity contribution in [3.8, 4) is 0 Å². The summed E-state index contributed by atoms with van der Waals surface area (Å²) >= 11 is 0. The van der Waals surface area contributed by atoms with Crippen molar-refractivity contribution in [2.45, 2.75) is 96.4 Å². The van der Waals surface area contributed by atoms with E-state index < -0.39 is 46.6 Å². The topological polar surface area (TPSA) is 140 Å². The van der Waals surface area contributed by atoms with Crippen LogP contribution in [0.2, 0.25) is 36.3 Å². The molecular weight excluding hydrogens is 446 g/mol. The van der Waals surface area contributed by atoms with Gasteiger partial charge < -0.3 is 30.3 Å². The monoisotopic (exact) mass is 491 g/mol. The van der Waals surface area contributed by atoms with Crippen LogP contribution in [0.3, 0.4) is 0 Å². The van der Waals surface area contributed by atoms with E-state index in [2.05, 4.69) is 10.6 Å². The number of nitrogens with two attached hydrogens (primary N) is 1. The lowest BCUT2D eigenvalue weighted by molar-refractivity contribution is -0.144. The van der Waals surface area contributed by atoms with Crippen LogP contribution in [0.1, 0.15) is 48.0 Å². The molecule has 0 saturated carbocycles. The number of amides is 2. The van der Waals surface area contributed by atoms with E-state index >= 15 is 0 Å². The maximum Gasteiger partial charge on any atom is 0.305 e. The molecule has 2 atom stereocenters. The molecule has 0 aliphatic carbocycles. The summed E-state index contributed by atoms with van der Waals surface area (Å²) in [4.78, 5) is 37.3. The Morgan fingerprint density at radius 1 is 0.812 bits per heavy atom. The fourth-order valence-electron chi connectivity index (χ4n) is 2.18. The molecule has 0 saturated heterocycles. The van der Waals surface area contributed by atoms with Gasteiger partial charge in [0.15, 0.2) is 28.8 Å². The number of carbonyl (C=O) groups is 3. The van der Waals surface area contributed by atoms with Crippen LogP contribution in [0.5, 0.6) is 0 Å². The van der Waals surface area contributed by atoms with Crippen LogP contribution in [-0.2, 0) is 23.2 Å². The molecule has 0 spiro atoms. The number of aliphatic carboxylic acids is 1. The van der Waals surface area contributed by atoms with Crippen LogP contribution in [0, 0.1) is 0 Å². The summed E-state index contributed by atoms with van der Waals surface area (Å²) in [5, 5.41) is 13.8. The lowest BCUT2D eigenvalue weighted by atomic mass is 10.1. The lowest BCUT2D eigenvalue weighted by Gasteiger charge is -2.44. The number of carbonyl (C=O) groups excluding carboxylic acids is 2. The van der Waals surface area contributed by atoms with Crippen molar-refractivity contribution in [1.82, 2.24) is 10.6 Å². The largest absolute Gasteiger partial charge is 0.481 e. The third-order valence-corrected chi connectivity index (χ3v) is 15.2. The van der Waals surface area contributed by atoms with Crippen molar-refractivity contribution in [1.29, 1.82) is 0 Å². The van der Waals surface area contributed by atoms with E-state index in [1.165, 1.54) is 0 Å². The summed E-state index contributed by atoms with van der Waals surface area (Å²) in [6.07, 6.45) is -2.62. The Morgan fingerprint density at radius 2 is 1.16 bits per heavy atom. The first-order valence-electron chi connectivity index (χ1n) is 11.1. The van der Waals surface area contributed by atoms with E-state index in [0.29, 0.717) is 0 Å². The zero-order valence-electron chi connectivity index (χ0n) is 21.5. The molecule has 0 radical (unpaired) electrons. The van der Waals surface area contributed by atoms with Gasteiger partial charge >= 0.3 is 5.97 Å². The Bertz CT molecular complexity index is 657. The SMILES string of the molecule is CC(C)(C)[Si](C)(C)O[C@H](C(=O)NCCC(=O)O)[C@@H](O[Si](C)(C)C(C)(C)C)C(=O)NCCN. The van der Waals surface area contributed by atoms with Gasteiger partial charge in [-0.2, -0.15) is 0 Å². The van der Waals surface area contributed by atoms with Crippen LogP contribution < -0.4 is 16.4 Å². The lowest BCUT2D eigenvalue weighted by Crippen LogP contribution is -2.60. The van der Waals surface area contributed by atoms with Gasteiger partial charge in [0.2, 0.25) is 0 Å². The predicted molar refractivity (Wildman–Crippen MR) is 131 cm³/mol. The maximum atomic E-state index is 13.2. The Hall–Kier alpha value is -1.28. The van der Waals surface area contributed by atoms with E-state index in [1.807, 2.05) is 67.7 Å². The molecule has 188 valence electrons. The van der Waals surface area contributed by atoms with Crippen molar-refractivity contribution in [2.75, 3.05) is 19.6 Å². The number of nitrogens with one attached hydrogen (secondary N) is 2. The van der Waals surface area contributed by atoms with Crippen molar-refractivity contribution in [3.05, 3.63) is 0 Å². The molecule has 0 aliphatic heterocycles. The second-order valence-electron chi connectivity index (χ2n) is 11.1. The summed E-state index contributed by atoms with van der Waals surface area (Å²) in [5.41, 5.74) is 5.56. The smallest absolute Gasteiger partial charge is 0.305 e. The molecule has 0 aromatic rings. The van der Waals surface area contributed by atoms with Gasteiger partial charge in [0.1, 0.15) is 0 Å². The van der Waals surface area contributed by atoms with Crippen LogP contribution in [0.4, 0.5) is 0 Å². The standard InChI is InChI=1S/C21H45N3O6Si2/c1-20(2,3)31(7,8)29-16(18(27)23-13-11-15(25)26)17(19(28)24-14-12-22)30-32(9,10)21(4,5)6/h16-17H,11-14,22H2,1-10H3,(H,23,27)(H,24,28)(H,25,26)/t16-,17+/m0/s1. The molecule has 0 bridgehead atoms. The Labute approximate surface area is 195 Å². The van der Waals surface area contributed by atoms with Gasteiger partial charge in [0, 0.05) is 19.6 Å². The average Bonchev–Trinajstić information content (AvgIpc) is 2.60. The molecule has 0 rings (SSSR count). The highest BCUT2D eigenvalue weighted by Crippen LogP contribution is 2.40. The van der Waals surface area contributed by atoms with Gasteiger partial charge in [-0.1, -0.05) is 41.5 Å². The van der Waals surface area contributed by atoms with Gasteiger partial charge in [-0.15, -0.1) is 0 Å². The zero-order valence-corrected chi connectivity index (χ0v) is 23.5. The number of hydrogen-bond donors (Lipinski definition) is 4. The highest BCUT2D eigenvalue weighted by atomic mass is 28.4. The van der Waals surface area contributed by atoms with Crippen molar-refractivity contribution in [2.24, 2.45) is 5.73 Å². The van der Waals surface area contributed by atoms with E-state index in [9.17, 15) is 14.4 Å². The fraction of sp³-hybridized carbons (Fsp3) is 0.857. The second-order valence-corrected chi connectivity index (χ2v) is 20.6. The minimum atomic E-state index is -2.50. The van der Waals surface area contributed by atoms with Crippen molar-refractivity contribution in [3.63, 3.8) is 0 Å². The first-order valence-corrected chi connectivity index (χ1v) is 16.9. The second kappa shape index (κ2) is 11.7. The van der Waals surface area contributed by atoms with Crippen LogP contribution >= 0.6 is 0 Å². The molecule has 0 aromatic carbocycles. The molecule has 9 nitrogen and oxygen atoms in total. The zero-order chi connectivity index (χ0) is 25.5. The molecule has 5 N–H and O–H groups in total. The maximum absolute atomic E-state index is 13.2. The Balaban J connectivity index is 6.24. The highest BCUT2D eigenvalue weighted by molar-refractivity contribution is 6.75.